The Morgan fingerprint density at radius 1 is 1.09 bits per heavy atom. The quantitative estimate of drug-likeness (QED) is 0.312. The first-order valence-corrected chi connectivity index (χ1v) is 11.6. The molecule has 4 nitrogen and oxygen atoms in total. The van der Waals surface area contributed by atoms with Gasteiger partial charge >= 0.3 is 0 Å². The molecule has 0 aliphatic carbocycles. The van der Waals surface area contributed by atoms with Gasteiger partial charge in [-0.1, -0.05) is 57.4 Å². The molecule has 5 rings (SSSR count). The number of fused-ring (bicyclic) bond motifs is 3. The average molecular weight is 512 g/mol. The molecule has 4 aromatic rings. The van der Waals surface area contributed by atoms with E-state index >= 15 is 0 Å². The first kappa shape index (κ1) is 22.6. The summed E-state index contributed by atoms with van der Waals surface area (Å²) in [4.78, 5) is 15.9. The number of rotatable bonds is 3. The number of hydrogen-bond donors (Lipinski definition) is 1. The molecule has 0 saturated carbocycles. The molecule has 32 heavy (non-hydrogen) atoms. The molecule has 1 aromatic heterocycles. The van der Waals surface area contributed by atoms with Crippen molar-refractivity contribution in [2.24, 2.45) is 0 Å². The van der Waals surface area contributed by atoms with E-state index in [9.17, 15) is 4.79 Å². The summed E-state index contributed by atoms with van der Waals surface area (Å²) in [6, 6.07) is 22.3. The van der Waals surface area contributed by atoms with Gasteiger partial charge in [-0.25, -0.2) is 0 Å². The van der Waals surface area contributed by atoms with Crippen LogP contribution in [0.25, 0.3) is 10.9 Å². The molecule has 0 radical (unpaired) electrons. The highest BCUT2D eigenvalue weighted by atomic mass is 79.9. The molecule has 0 amide bonds. The van der Waals surface area contributed by atoms with Gasteiger partial charge < -0.3 is 9.72 Å². The molecule has 0 spiro atoms. The van der Waals surface area contributed by atoms with E-state index in [1.54, 1.807) is 24.3 Å². The summed E-state index contributed by atoms with van der Waals surface area (Å²) >= 11 is 9.17. The number of H-pyrrole nitrogens is 1. The number of halogens is 2. The van der Waals surface area contributed by atoms with Gasteiger partial charge in [0, 0.05) is 32.6 Å². The topological polar surface area (TPSA) is 45.3 Å². The first-order chi connectivity index (χ1) is 15.5. The van der Waals surface area contributed by atoms with Crippen molar-refractivity contribution in [3.05, 3.63) is 98.6 Å². The standard InChI is InChI=1S/C19H19BrN2.C7H5ClO2/c1-12-3-5-13(6-4-12)19-18-15(9-10-22(19)2)16-11-14(20)7-8-17(16)21-18;8-6-1-3-7(4-2-6)10-5-9/h3-8,11,19,21H,9-10H2,1-2H3;1-5H. The van der Waals surface area contributed by atoms with Crippen molar-refractivity contribution in [2.75, 3.05) is 13.6 Å². The third kappa shape index (κ3) is 4.90. The van der Waals surface area contributed by atoms with Gasteiger partial charge in [-0.2, -0.15) is 0 Å². The number of nitrogens with zero attached hydrogens (tertiary/aromatic N) is 1. The normalized spacial score (nSPS) is 15.6. The molecule has 1 aliphatic rings. The van der Waals surface area contributed by atoms with Gasteiger partial charge in [0.1, 0.15) is 5.75 Å². The summed E-state index contributed by atoms with van der Waals surface area (Å²) < 4.78 is 5.67. The fourth-order valence-corrected chi connectivity index (χ4v) is 4.61. The van der Waals surface area contributed by atoms with E-state index in [1.165, 1.54) is 33.3 Å². The monoisotopic (exact) mass is 510 g/mol. The number of hydrogen-bond acceptors (Lipinski definition) is 3. The van der Waals surface area contributed by atoms with Gasteiger partial charge in [-0.05, 0) is 74.0 Å². The van der Waals surface area contributed by atoms with Crippen LogP contribution in [0.1, 0.15) is 28.4 Å². The molecule has 6 heteroatoms. The highest BCUT2D eigenvalue weighted by Gasteiger charge is 2.29. The molecule has 0 fully saturated rings. The van der Waals surface area contributed by atoms with Gasteiger partial charge in [0.2, 0.25) is 0 Å². The van der Waals surface area contributed by atoms with Crippen LogP contribution in [0.4, 0.5) is 0 Å². The number of nitrogens with one attached hydrogen (secondary N) is 1. The first-order valence-electron chi connectivity index (χ1n) is 10.4. The number of likely N-dealkylation sites (N-methyl/N-ethyl adjacent to an activating group) is 1. The number of carbonyl (C=O) groups excluding carboxylic acids is 1. The van der Waals surface area contributed by atoms with E-state index in [0.29, 0.717) is 23.3 Å². The van der Waals surface area contributed by atoms with Crippen molar-refractivity contribution in [1.82, 2.24) is 9.88 Å². The van der Waals surface area contributed by atoms with Gasteiger partial charge in [-0.3, -0.25) is 9.69 Å². The van der Waals surface area contributed by atoms with E-state index in [0.717, 1.165) is 17.4 Å². The molecule has 1 unspecified atom stereocenters. The van der Waals surface area contributed by atoms with Crippen molar-refractivity contribution in [3.63, 3.8) is 0 Å². The summed E-state index contributed by atoms with van der Waals surface area (Å²) in [6.07, 6.45) is 1.10. The SMILES string of the molecule is Cc1ccc(C2c3[nH]c4ccc(Br)cc4c3CCN2C)cc1.O=COc1ccc(Cl)cc1. The van der Waals surface area contributed by atoms with Crippen LogP contribution in [0.15, 0.2) is 71.2 Å². The van der Waals surface area contributed by atoms with Crippen LogP contribution in [0.5, 0.6) is 5.75 Å². The number of aromatic nitrogens is 1. The third-order valence-electron chi connectivity index (χ3n) is 5.72. The Bertz CT molecular complexity index is 1220. The fourth-order valence-electron chi connectivity index (χ4n) is 4.12. The Morgan fingerprint density at radius 3 is 2.50 bits per heavy atom. The summed E-state index contributed by atoms with van der Waals surface area (Å²) in [5.41, 5.74) is 6.73. The van der Waals surface area contributed by atoms with Crippen molar-refractivity contribution in [1.29, 1.82) is 0 Å². The second kappa shape index (κ2) is 9.90. The lowest BCUT2D eigenvalue weighted by atomic mass is 9.92. The highest BCUT2D eigenvalue weighted by molar-refractivity contribution is 9.10. The molecule has 0 bridgehead atoms. The van der Waals surface area contributed by atoms with Crippen LogP contribution in [0.2, 0.25) is 5.02 Å². The van der Waals surface area contributed by atoms with Crippen molar-refractivity contribution in [3.8, 4) is 5.75 Å². The second-order valence-corrected chi connectivity index (χ2v) is 9.27. The molecule has 0 saturated heterocycles. The van der Waals surface area contributed by atoms with Crippen LogP contribution in [-0.2, 0) is 11.2 Å². The maximum absolute atomic E-state index is 9.80. The van der Waals surface area contributed by atoms with Crippen LogP contribution in [-0.4, -0.2) is 29.9 Å². The molecular formula is C26H24BrClN2O2. The zero-order chi connectivity index (χ0) is 22.7. The van der Waals surface area contributed by atoms with E-state index in [2.05, 4.69) is 87.0 Å². The van der Waals surface area contributed by atoms with Crippen LogP contribution >= 0.6 is 27.5 Å². The number of aryl methyl sites for hydroxylation is 1. The lowest BCUT2D eigenvalue weighted by Gasteiger charge is -2.33. The molecule has 1 atom stereocenters. The minimum absolute atomic E-state index is 0.315. The van der Waals surface area contributed by atoms with Gasteiger partial charge in [-0.15, -0.1) is 0 Å². The average Bonchev–Trinajstić information content (AvgIpc) is 3.14. The lowest BCUT2D eigenvalue weighted by molar-refractivity contribution is -0.120. The van der Waals surface area contributed by atoms with E-state index in [1.807, 2.05) is 0 Å². The predicted octanol–water partition coefficient (Wildman–Crippen LogP) is 6.69. The fraction of sp³-hybridized carbons (Fsp3) is 0.192. The molecule has 164 valence electrons. The van der Waals surface area contributed by atoms with Crippen LogP contribution in [0.3, 0.4) is 0 Å². The van der Waals surface area contributed by atoms with E-state index < -0.39 is 0 Å². The molecule has 3 aromatic carbocycles. The van der Waals surface area contributed by atoms with Gasteiger partial charge in [0.15, 0.2) is 0 Å². The maximum Gasteiger partial charge on any atom is 0.298 e. The van der Waals surface area contributed by atoms with Crippen molar-refractivity contribution in [2.45, 2.75) is 19.4 Å². The number of benzene rings is 3. The van der Waals surface area contributed by atoms with Crippen molar-refractivity contribution >= 4 is 44.9 Å². The van der Waals surface area contributed by atoms with Gasteiger partial charge in [0.05, 0.1) is 6.04 Å². The van der Waals surface area contributed by atoms with Crippen LogP contribution in [0, 0.1) is 6.92 Å². The molecule has 1 aliphatic heterocycles. The summed E-state index contributed by atoms with van der Waals surface area (Å²) in [6.45, 7) is 3.61. The van der Waals surface area contributed by atoms with Gasteiger partial charge in [0.25, 0.3) is 6.47 Å². The Balaban J connectivity index is 0.000000207. The number of aromatic amines is 1. The minimum Gasteiger partial charge on any atom is -0.429 e. The molecule has 2 heterocycles. The second-order valence-electron chi connectivity index (χ2n) is 7.92. The smallest absolute Gasteiger partial charge is 0.298 e. The summed E-state index contributed by atoms with van der Waals surface area (Å²) in [7, 11) is 2.22. The molecule has 1 N–H and O–H groups in total. The van der Waals surface area contributed by atoms with E-state index in [4.69, 9.17) is 11.6 Å². The zero-order valence-corrected chi connectivity index (χ0v) is 20.3. The van der Waals surface area contributed by atoms with Crippen molar-refractivity contribution < 1.29 is 9.53 Å². The minimum atomic E-state index is 0.315. The Kier molecular flexibility index (Phi) is 6.99. The predicted molar refractivity (Wildman–Crippen MR) is 133 cm³/mol. The Hall–Kier alpha value is -2.60. The highest BCUT2D eigenvalue weighted by Crippen LogP contribution is 2.38. The Labute approximate surface area is 201 Å². The lowest BCUT2D eigenvalue weighted by Crippen LogP contribution is -2.32. The summed E-state index contributed by atoms with van der Waals surface area (Å²) in [5, 5.41) is 1.98. The number of carbonyl (C=O) groups is 1. The molecular weight excluding hydrogens is 488 g/mol. The largest absolute Gasteiger partial charge is 0.429 e. The zero-order valence-electron chi connectivity index (χ0n) is 17.9. The summed E-state index contributed by atoms with van der Waals surface area (Å²) in [5.74, 6) is 0.499. The maximum atomic E-state index is 9.80. The van der Waals surface area contributed by atoms with Crippen LogP contribution < -0.4 is 4.74 Å². The van der Waals surface area contributed by atoms with E-state index in [-0.39, 0.29) is 0 Å². The Morgan fingerprint density at radius 2 is 1.81 bits per heavy atom. The number of ether oxygens (including phenoxy) is 1. The third-order valence-corrected chi connectivity index (χ3v) is 6.47.